The first-order valence-electron chi connectivity index (χ1n) is 7.22. The molecule has 0 aromatic carbocycles. The molecule has 6 heteroatoms. The lowest BCUT2D eigenvalue weighted by molar-refractivity contribution is -0.128. The van der Waals surface area contributed by atoms with Gasteiger partial charge in [-0.1, -0.05) is 12.8 Å². The Hall–Kier alpha value is -0.620. The van der Waals surface area contributed by atoms with E-state index in [9.17, 15) is 13.2 Å². The highest BCUT2D eigenvalue weighted by Crippen LogP contribution is 2.29. The largest absolute Gasteiger partial charge is 0.352 e. The molecule has 19 heavy (non-hydrogen) atoms. The van der Waals surface area contributed by atoms with Gasteiger partial charge in [0.2, 0.25) is 5.91 Å². The maximum atomic E-state index is 12.3. The van der Waals surface area contributed by atoms with Gasteiger partial charge in [0, 0.05) is 12.0 Å². The van der Waals surface area contributed by atoms with Crippen molar-refractivity contribution in [1.82, 2.24) is 5.32 Å². The first kappa shape index (κ1) is 14.8. The molecule has 2 rings (SSSR count). The van der Waals surface area contributed by atoms with Gasteiger partial charge >= 0.3 is 0 Å². The lowest BCUT2D eigenvalue weighted by Gasteiger charge is -2.32. The second-order valence-electron chi connectivity index (χ2n) is 5.85. The average Bonchev–Trinajstić information content (AvgIpc) is 2.37. The van der Waals surface area contributed by atoms with Crippen molar-refractivity contribution in [2.75, 3.05) is 18.1 Å². The van der Waals surface area contributed by atoms with Gasteiger partial charge < -0.3 is 11.1 Å². The van der Waals surface area contributed by atoms with Crippen LogP contribution in [0.5, 0.6) is 0 Å². The lowest BCUT2D eigenvalue weighted by Crippen LogP contribution is -2.48. The topological polar surface area (TPSA) is 89.3 Å². The van der Waals surface area contributed by atoms with Gasteiger partial charge in [-0.05, 0) is 38.1 Å². The van der Waals surface area contributed by atoms with E-state index in [0.717, 1.165) is 32.1 Å². The molecular weight excluding hydrogens is 264 g/mol. The molecule has 0 aromatic heterocycles. The van der Waals surface area contributed by atoms with Crippen LogP contribution in [0.15, 0.2) is 0 Å². The number of carbonyl (C=O) groups is 1. The number of amides is 1. The van der Waals surface area contributed by atoms with Gasteiger partial charge in [-0.3, -0.25) is 4.79 Å². The molecule has 0 radical (unpaired) electrons. The summed E-state index contributed by atoms with van der Waals surface area (Å²) in [7, 11) is -2.97. The van der Waals surface area contributed by atoms with Gasteiger partial charge in [-0.15, -0.1) is 0 Å². The first-order chi connectivity index (χ1) is 9.02. The van der Waals surface area contributed by atoms with Gasteiger partial charge in [-0.25, -0.2) is 8.42 Å². The molecule has 1 aliphatic heterocycles. The number of nitrogens with two attached hydrogens (primary N) is 1. The molecule has 3 N–H and O–H groups in total. The fraction of sp³-hybridized carbons (Fsp3) is 0.923. The zero-order valence-corrected chi connectivity index (χ0v) is 12.1. The van der Waals surface area contributed by atoms with Crippen LogP contribution in [0.4, 0.5) is 0 Å². The van der Waals surface area contributed by atoms with E-state index in [2.05, 4.69) is 5.32 Å². The van der Waals surface area contributed by atoms with Gasteiger partial charge in [0.15, 0.2) is 9.84 Å². The molecule has 1 saturated carbocycles. The maximum absolute atomic E-state index is 12.3. The fourth-order valence-electron chi connectivity index (χ4n) is 3.28. The molecule has 2 aliphatic rings. The van der Waals surface area contributed by atoms with E-state index in [0.29, 0.717) is 13.0 Å². The summed E-state index contributed by atoms with van der Waals surface area (Å²) < 4.78 is 23.1. The number of sulfone groups is 1. The normalized spacial score (nSPS) is 34.7. The Labute approximate surface area is 115 Å². The quantitative estimate of drug-likeness (QED) is 0.789. The van der Waals surface area contributed by atoms with E-state index >= 15 is 0 Å². The molecule has 0 spiro atoms. The van der Waals surface area contributed by atoms with Crippen LogP contribution in [0, 0.1) is 11.8 Å². The zero-order chi connectivity index (χ0) is 13.9. The lowest BCUT2D eigenvalue weighted by atomic mass is 9.78. The summed E-state index contributed by atoms with van der Waals surface area (Å²) in [6.07, 6.45) is 5.52. The number of carbonyl (C=O) groups excluding carboxylic acids is 1. The molecule has 0 bridgehead atoms. The summed E-state index contributed by atoms with van der Waals surface area (Å²) in [5.74, 6) is 0.599. The number of rotatable bonds is 3. The Balaban J connectivity index is 1.92. The summed E-state index contributed by atoms with van der Waals surface area (Å²) in [5.41, 5.74) is 5.73. The summed E-state index contributed by atoms with van der Waals surface area (Å²) in [5, 5.41) is 2.93. The molecule has 1 saturated heterocycles. The van der Waals surface area contributed by atoms with Crippen LogP contribution in [-0.4, -0.2) is 38.4 Å². The van der Waals surface area contributed by atoms with Gasteiger partial charge in [0.25, 0.3) is 0 Å². The second-order valence-corrected chi connectivity index (χ2v) is 8.08. The van der Waals surface area contributed by atoms with Crippen LogP contribution in [0.3, 0.4) is 0 Å². The molecule has 0 aromatic rings. The number of nitrogens with one attached hydrogen (secondary N) is 1. The van der Waals surface area contributed by atoms with Crippen LogP contribution in [0.1, 0.15) is 38.5 Å². The molecular formula is C13H24N2O3S. The molecule has 5 nitrogen and oxygen atoms in total. The van der Waals surface area contributed by atoms with Crippen molar-refractivity contribution in [3.63, 3.8) is 0 Å². The van der Waals surface area contributed by atoms with Crippen molar-refractivity contribution in [1.29, 1.82) is 0 Å². The van der Waals surface area contributed by atoms with Crippen molar-refractivity contribution < 1.29 is 13.2 Å². The van der Waals surface area contributed by atoms with Crippen LogP contribution >= 0.6 is 0 Å². The van der Waals surface area contributed by atoms with Gasteiger partial charge in [0.05, 0.1) is 11.5 Å². The standard InChI is InChI=1S/C13H24N2O3S/c14-8-10-4-1-2-6-12(10)13(16)15-11-5-3-7-19(17,18)9-11/h10-12H,1-9,14H2,(H,15,16). The van der Waals surface area contributed by atoms with Crippen molar-refractivity contribution in [3.8, 4) is 0 Å². The minimum Gasteiger partial charge on any atom is -0.352 e. The van der Waals surface area contributed by atoms with Gasteiger partial charge in [-0.2, -0.15) is 0 Å². The Morgan fingerprint density at radius 3 is 2.58 bits per heavy atom. The summed E-state index contributed by atoms with van der Waals surface area (Å²) in [6, 6.07) is -0.202. The summed E-state index contributed by atoms with van der Waals surface area (Å²) in [4.78, 5) is 12.3. The van der Waals surface area contributed by atoms with E-state index in [1.807, 2.05) is 0 Å². The predicted octanol–water partition coefficient (Wildman–Crippen LogP) is 0.445. The van der Waals surface area contributed by atoms with Gasteiger partial charge in [0.1, 0.15) is 0 Å². The molecule has 1 aliphatic carbocycles. The fourth-order valence-corrected chi connectivity index (χ4v) is 4.92. The van der Waals surface area contributed by atoms with Crippen molar-refractivity contribution in [3.05, 3.63) is 0 Å². The third-order valence-electron chi connectivity index (χ3n) is 4.36. The zero-order valence-electron chi connectivity index (χ0n) is 11.3. The molecule has 1 heterocycles. The van der Waals surface area contributed by atoms with Crippen LogP contribution < -0.4 is 11.1 Å². The smallest absolute Gasteiger partial charge is 0.223 e. The second kappa shape index (κ2) is 6.22. The van der Waals surface area contributed by atoms with Crippen molar-refractivity contribution in [2.24, 2.45) is 17.6 Å². The number of hydrogen-bond acceptors (Lipinski definition) is 4. The van der Waals surface area contributed by atoms with E-state index in [-0.39, 0.29) is 35.3 Å². The Morgan fingerprint density at radius 1 is 1.16 bits per heavy atom. The minimum atomic E-state index is -2.97. The summed E-state index contributed by atoms with van der Waals surface area (Å²) >= 11 is 0. The molecule has 110 valence electrons. The number of hydrogen-bond donors (Lipinski definition) is 2. The monoisotopic (exact) mass is 288 g/mol. The van der Waals surface area contributed by atoms with E-state index in [1.54, 1.807) is 0 Å². The molecule has 1 amide bonds. The highest BCUT2D eigenvalue weighted by atomic mass is 32.2. The van der Waals surface area contributed by atoms with E-state index in [1.165, 1.54) is 0 Å². The molecule has 3 unspecified atom stereocenters. The predicted molar refractivity (Wildman–Crippen MR) is 74.3 cm³/mol. The molecule has 3 atom stereocenters. The minimum absolute atomic E-state index is 0.0113. The van der Waals surface area contributed by atoms with Crippen LogP contribution in [0.2, 0.25) is 0 Å². The van der Waals surface area contributed by atoms with Crippen molar-refractivity contribution in [2.45, 2.75) is 44.6 Å². The Bertz CT molecular complexity index is 422. The Kier molecular flexibility index (Phi) is 4.84. The maximum Gasteiger partial charge on any atom is 0.223 e. The van der Waals surface area contributed by atoms with E-state index < -0.39 is 9.84 Å². The molecule has 2 fully saturated rings. The summed E-state index contributed by atoms with van der Waals surface area (Å²) in [6.45, 7) is 0.543. The third kappa shape index (κ3) is 3.92. The Morgan fingerprint density at radius 2 is 1.89 bits per heavy atom. The van der Waals surface area contributed by atoms with Crippen LogP contribution in [0.25, 0.3) is 0 Å². The van der Waals surface area contributed by atoms with Crippen molar-refractivity contribution >= 4 is 15.7 Å². The highest BCUT2D eigenvalue weighted by Gasteiger charge is 2.33. The SMILES string of the molecule is NCC1CCCCC1C(=O)NC1CCCS(=O)(=O)C1. The average molecular weight is 288 g/mol. The third-order valence-corrected chi connectivity index (χ3v) is 6.18. The highest BCUT2D eigenvalue weighted by molar-refractivity contribution is 7.91. The first-order valence-corrected chi connectivity index (χ1v) is 9.05. The van der Waals surface area contributed by atoms with Crippen LogP contribution in [-0.2, 0) is 14.6 Å². The van der Waals surface area contributed by atoms with E-state index in [4.69, 9.17) is 5.73 Å².